The third-order valence-corrected chi connectivity index (χ3v) is 3.97. The van der Waals surface area contributed by atoms with E-state index in [1.54, 1.807) is 6.92 Å². The lowest BCUT2D eigenvalue weighted by atomic mass is 10.2. The number of thiophene rings is 1. The Morgan fingerprint density at radius 1 is 1.21 bits per heavy atom. The predicted molar refractivity (Wildman–Crippen MR) is 71.6 cm³/mol. The number of hydrogen-bond donors (Lipinski definition) is 2. The molecule has 0 spiro atoms. The largest absolute Gasteiger partial charge is 0.335 e. The number of carbonyl (C=O) groups excluding carboxylic acids is 2. The average Bonchev–Trinajstić information content (AvgIpc) is 2.87. The number of carbonyl (C=O) groups is 2. The van der Waals surface area contributed by atoms with Crippen LogP contribution < -0.4 is 10.6 Å². The Bertz CT molecular complexity index is 747. The Hall–Kier alpha value is -2.28. The van der Waals surface area contributed by atoms with Crippen LogP contribution >= 0.6 is 11.3 Å². The van der Waals surface area contributed by atoms with E-state index in [0.29, 0.717) is 11.4 Å². The van der Waals surface area contributed by atoms with Crippen molar-refractivity contribution in [2.75, 3.05) is 5.32 Å². The van der Waals surface area contributed by atoms with Crippen molar-refractivity contribution in [2.45, 2.75) is 13.8 Å². The minimum absolute atomic E-state index is 0.246. The second-order valence-electron chi connectivity index (χ2n) is 4.23. The highest BCUT2D eigenvalue weighted by Gasteiger charge is 2.28. The number of nitrogens with zero attached hydrogens (tertiary/aromatic N) is 2. The maximum atomic E-state index is 11.7. The van der Waals surface area contributed by atoms with Crippen LogP contribution in [0.25, 0.3) is 10.2 Å². The second kappa shape index (κ2) is 4.13. The van der Waals surface area contributed by atoms with Crippen molar-refractivity contribution in [1.29, 1.82) is 0 Å². The molecule has 96 valence electrons. The van der Waals surface area contributed by atoms with Gasteiger partial charge >= 0.3 is 0 Å². The summed E-state index contributed by atoms with van der Waals surface area (Å²) in [5, 5.41) is 8.03. The summed E-state index contributed by atoms with van der Waals surface area (Å²) in [5.74, 6) is -0.259. The number of imide groups is 1. The molecule has 0 saturated heterocycles. The topological polar surface area (TPSA) is 84.0 Å². The number of nitrogens with one attached hydrogen (secondary N) is 2. The zero-order chi connectivity index (χ0) is 13.6. The Morgan fingerprint density at radius 3 is 2.68 bits per heavy atom. The van der Waals surface area contributed by atoms with Gasteiger partial charge in [-0.25, -0.2) is 9.97 Å². The first-order chi connectivity index (χ1) is 9.08. The zero-order valence-electron chi connectivity index (χ0n) is 10.3. The highest BCUT2D eigenvalue weighted by molar-refractivity contribution is 7.17. The number of anilines is 1. The van der Waals surface area contributed by atoms with Gasteiger partial charge in [-0.3, -0.25) is 14.9 Å². The minimum atomic E-state index is -0.429. The van der Waals surface area contributed by atoms with Crippen LogP contribution in [0.4, 0.5) is 5.82 Å². The van der Waals surface area contributed by atoms with Crippen molar-refractivity contribution in [3.63, 3.8) is 0 Å². The number of aromatic nitrogens is 2. The number of aryl methyl sites for hydroxylation is 1. The Morgan fingerprint density at radius 2 is 2.00 bits per heavy atom. The van der Waals surface area contributed by atoms with E-state index in [4.69, 9.17) is 0 Å². The summed E-state index contributed by atoms with van der Waals surface area (Å²) in [4.78, 5) is 32.2. The highest BCUT2D eigenvalue weighted by Crippen LogP contribution is 2.29. The maximum Gasteiger partial charge on any atom is 0.275 e. The van der Waals surface area contributed by atoms with Crippen LogP contribution in [0.2, 0.25) is 0 Å². The van der Waals surface area contributed by atoms with Gasteiger partial charge in [0.1, 0.15) is 22.7 Å². The van der Waals surface area contributed by atoms with E-state index in [9.17, 15) is 9.59 Å². The Balaban J connectivity index is 2.10. The van der Waals surface area contributed by atoms with Crippen molar-refractivity contribution < 1.29 is 9.59 Å². The fraction of sp³-hybridized carbons (Fsp3) is 0.167. The molecule has 19 heavy (non-hydrogen) atoms. The summed E-state index contributed by atoms with van der Waals surface area (Å²) in [7, 11) is 0. The van der Waals surface area contributed by atoms with Gasteiger partial charge in [0.05, 0.1) is 5.39 Å². The average molecular weight is 274 g/mol. The van der Waals surface area contributed by atoms with Crippen LogP contribution in [0, 0.1) is 6.92 Å². The molecule has 0 saturated carbocycles. The molecule has 0 radical (unpaired) electrons. The predicted octanol–water partition coefficient (Wildman–Crippen LogP) is 1.34. The van der Waals surface area contributed by atoms with Crippen molar-refractivity contribution in [2.24, 2.45) is 0 Å². The van der Waals surface area contributed by atoms with E-state index < -0.39 is 5.91 Å². The summed E-state index contributed by atoms with van der Waals surface area (Å²) < 4.78 is 0. The molecule has 6 nitrogen and oxygen atoms in total. The molecule has 3 heterocycles. The molecule has 7 heteroatoms. The van der Waals surface area contributed by atoms with Gasteiger partial charge in [-0.15, -0.1) is 11.3 Å². The molecular formula is C12H10N4O2S. The number of hydrogen-bond acceptors (Lipinski definition) is 6. The van der Waals surface area contributed by atoms with E-state index in [-0.39, 0.29) is 11.6 Å². The molecule has 0 bridgehead atoms. The Kier molecular flexibility index (Phi) is 2.56. The van der Waals surface area contributed by atoms with E-state index in [2.05, 4.69) is 20.6 Å². The van der Waals surface area contributed by atoms with Gasteiger partial charge in [0.2, 0.25) is 0 Å². The summed E-state index contributed by atoms with van der Waals surface area (Å²) in [6.07, 6.45) is 1.44. The molecule has 0 unspecified atom stereocenters. The normalized spacial score (nSPS) is 15.3. The number of amides is 2. The highest BCUT2D eigenvalue weighted by atomic mass is 32.1. The lowest BCUT2D eigenvalue weighted by molar-refractivity contribution is -0.124. The molecule has 1 aliphatic rings. The van der Waals surface area contributed by atoms with E-state index >= 15 is 0 Å². The van der Waals surface area contributed by atoms with Crippen molar-refractivity contribution in [1.82, 2.24) is 15.3 Å². The fourth-order valence-corrected chi connectivity index (χ4v) is 2.81. The van der Waals surface area contributed by atoms with E-state index in [1.165, 1.54) is 17.7 Å². The first kappa shape index (κ1) is 11.8. The van der Waals surface area contributed by atoms with Crippen LogP contribution in [0.3, 0.4) is 0 Å². The molecule has 2 aromatic heterocycles. The first-order valence-electron chi connectivity index (χ1n) is 5.60. The van der Waals surface area contributed by atoms with Crippen LogP contribution in [-0.2, 0) is 9.59 Å². The van der Waals surface area contributed by atoms with Gasteiger partial charge in [-0.1, -0.05) is 0 Å². The van der Waals surface area contributed by atoms with Gasteiger partial charge in [-0.05, 0) is 24.8 Å². The van der Waals surface area contributed by atoms with E-state index in [0.717, 1.165) is 15.8 Å². The van der Waals surface area contributed by atoms with E-state index in [1.807, 2.05) is 12.3 Å². The van der Waals surface area contributed by atoms with Crippen molar-refractivity contribution >= 4 is 39.2 Å². The third-order valence-electron chi connectivity index (χ3n) is 2.97. The van der Waals surface area contributed by atoms with Crippen molar-refractivity contribution in [3.05, 3.63) is 28.5 Å². The molecule has 0 aliphatic carbocycles. The molecule has 2 N–H and O–H groups in total. The lowest BCUT2D eigenvalue weighted by Crippen LogP contribution is -2.24. The van der Waals surface area contributed by atoms with Crippen LogP contribution in [0.15, 0.2) is 23.0 Å². The summed E-state index contributed by atoms with van der Waals surface area (Å²) in [5.41, 5.74) is 1.64. The van der Waals surface area contributed by atoms with Gasteiger partial charge in [0, 0.05) is 5.57 Å². The number of rotatable bonds is 2. The summed E-state index contributed by atoms with van der Waals surface area (Å²) in [6.45, 7) is 3.55. The smallest absolute Gasteiger partial charge is 0.275 e. The Labute approximate surface area is 112 Å². The lowest BCUT2D eigenvalue weighted by Gasteiger charge is -2.06. The van der Waals surface area contributed by atoms with Gasteiger partial charge in [-0.2, -0.15) is 0 Å². The molecule has 0 aromatic carbocycles. The van der Waals surface area contributed by atoms with Gasteiger partial charge < -0.3 is 5.32 Å². The molecular weight excluding hydrogens is 264 g/mol. The van der Waals surface area contributed by atoms with Crippen LogP contribution in [-0.4, -0.2) is 21.8 Å². The fourth-order valence-electron chi connectivity index (χ4n) is 1.92. The number of fused-ring (bicyclic) bond motifs is 1. The van der Waals surface area contributed by atoms with Crippen LogP contribution in [0.5, 0.6) is 0 Å². The monoisotopic (exact) mass is 274 g/mol. The first-order valence-corrected chi connectivity index (χ1v) is 6.48. The standard InChI is InChI=1S/C12H10N4O2S/c1-5-3-19-12-7(5)9(13-4-14-12)15-8-6(2)10(17)16-11(8)18/h3-4H,1-2H3,(H2,13,14,15,16,17,18). The molecule has 0 fully saturated rings. The molecule has 2 aromatic rings. The van der Waals surface area contributed by atoms with Crippen molar-refractivity contribution in [3.8, 4) is 0 Å². The van der Waals surface area contributed by atoms with Gasteiger partial charge in [0.15, 0.2) is 0 Å². The zero-order valence-corrected chi connectivity index (χ0v) is 11.1. The van der Waals surface area contributed by atoms with Gasteiger partial charge in [0.25, 0.3) is 11.8 Å². The molecule has 3 rings (SSSR count). The summed E-state index contributed by atoms with van der Waals surface area (Å²) >= 11 is 1.51. The maximum absolute atomic E-state index is 11.7. The summed E-state index contributed by atoms with van der Waals surface area (Å²) in [6, 6.07) is 0. The SMILES string of the molecule is CC1=C(Nc2ncnc3scc(C)c23)C(=O)NC1=O. The third kappa shape index (κ3) is 1.78. The molecule has 0 atom stereocenters. The minimum Gasteiger partial charge on any atom is -0.335 e. The quantitative estimate of drug-likeness (QED) is 0.807. The van der Waals surface area contributed by atoms with Crippen LogP contribution in [0.1, 0.15) is 12.5 Å². The molecule has 2 amide bonds. The second-order valence-corrected chi connectivity index (χ2v) is 5.09. The molecule has 1 aliphatic heterocycles.